The lowest BCUT2D eigenvalue weighted by Crippen LogP contribution is -2.42. The molecule has 0 saturated carbocycles. The first-order valence-corrected chi connectivity index (χ1v) is 12.3. The molecule has 1 fully saturated rings. The van der Waals surface area contributed by atoms with Gasteiger partial charge in [-0.15, -0.1) is 11.3 Å². The molecule has 1 atom stereocenters. The summed E-state index contributed by atoms with van der Waals surface area (Å²) in [5.74, 6) is -0.177. The molecule has 1 aliphatic heterocycles. The van der Waals surface area contributed by atoms with E-state index in [1.807, 2.05) is 35.7 Å². The number of anilines is 1. The highest BCUT2D eigenvalue weighted by atomic mass is 35.5. The molecule has 10 heteroatoms. The van der Waals surface area contributed by atoms with E-state index in [1.54, 1.807) is 30.2 Å². The van der Waals surface area contributed by atoms with Crippen molar-refractivity contribution in [2.75, 3.05) is 25.0 Å². The molecule has 4 rings (SSSR count). The number of aromatic nitrogens is 1. The Kier molecular flexibility index (Phi) is 7.64. The number of likely N-dealkylation sites (tertiary alicyclic amines) is 1. The van der Waals surface area contributed by atoms with Crippen LogP contribution < -0.4 is 5.32 Å². The van der Waals surface area contributed by atoms with Gasteiger partial charge in [-0.25, -0.2) is 9.78 Å². The van der Waals surface area contributed by atoms with Crippen LogP contribution in [0.25, 0.3) is 0 Å². The van der Waals surface area contributed by atoms with Crippen LogP contribution in [-0.4, -0.2) is 46.6 Å². The Bertz CT molecular complexity index is 1130. The van der Waals surface area contributed by atoms with E-state index < -0.39 is 0 Å². The Hall–Kier alpha value is -3.17. The summed E-state index contributed by atoms with van der Waals surface area (Å²) in [6, 6.07) is 12.8. The molecule has 1 amide bonds. The van der Waals surface area contributed by atoms with Crippen LogP contribution in [0.5, 0.6) is 0 Å². The number of carbonyl (C=O) groups excluding carboxylic acids is 1. The fourth-order valence-electron chi connectivity index (χ4n) is 4.16. The number of nitro groups is 1. The number of carbonyl (C=O) groups is 1. The zero-order valence-corrected chi connectivity index (χ0v) is 20.2. The van der Waals surface area contributed by atoms with Crippen molar-refractivity contribution < 1.29 is 14.5 Å². The van der Waals surface area contributed by atoms with Crippen LogP contribution in [0.3, 0.4) is 0 Å². The van der Waals surface area contributed by atoms with Crippen LogP contribution in [0.2, 0.25) is 5.02 Å². The van der Waals surface area contributed by atoms with Gasteiger partial charge in [-0.05, 0) is 49.1 Å². The van der Waals surface area contributed by atoms with Crippen molar-refractivity contribution in [2.24, 2.45) is 0 Å². The maximum atomic E-state index is 12.0. The number of hydrogen-bond acceptors (Lipinski definition) is 7. The van der Waals surface area contributed by atoms with E-state index in [4.69, 9.17) is 16.3 Å². The van der Waals surface area contributed by atoms with Crippen LogP contribution in [-0.2, 0) is 4.74 Å². The number of ether oxygens (including phenoxy) is 1. The summed E-state index contributed by atoms with van der Waals surface area (Å²) in [5, 5.41) is 18.6. The molecule has 0 unspecified atom stereocenters. The lowest BCUT2D eigenvalue weighted by atomic mass is 9.91. The van der Waals surface area contributed by atoms with E-state index in [9.17, 15) is 14.9 Å². The van der Waals surface area contributed by atoms with Gasteiger partial charge < -0.3 is 15.0 Å². The van der Waals surface area contributed by atoms with E-state index in [-0.39, 0.29) is 28.7 Å². The molecule has 178 valence electrons. The van der Waals surface area contributed by atoms with Gasteiger partial charge in [0.05, 0.1) is 17.4 Å². The van der Waals surface area contributed by atoms with Crippen molar-refractivity contribution in [1.82, 2.24) is 9.88 Å². The summed E-state index contributed by atoms with van der Waals surface area (Å²) >= 11 is 7.63. The number of rotatable bonds is 7. The summed E-state index contributed by atoms with van der Waals surface area (Å²) in [6.45, 7) is 3.19. The summed E-state index contributed by atoms with van der Waals surface area (Å²) < 4.78 is 5.08. The summed E-state index contributed by atoms with van der Waals surface area (Å²) in [6.07, 6.45) is 2.79. The molecule has 0 spiro atoms. The molecule has 0 aliphatic carbocycles. The molecule has 0 bridgehead atoms. The Balaban J connectivity index is 1.61. The number of hydrogen-bond donors (Lipinski definition) is 1. The third-order valence-corrected chi connectivity index (χ3v) is 6.93. The van der Waals surface area contributed by atoms with Gasteiger partial charge in [0, 0.05) is 41.8 Å². The minimum absolute atomic E-state index is 0.00784. The van der Waals surface area contributed by atoms with E-state index in [0.717, 1.165) is 16.1 Å². The predicted octanol–water partition coefficient (Wildman–Crippen LogP) is 5.92. The normalized spacial score (nSPS) is 15.1. The standard InChI is InChI=1S/C24H25ClN4O4S/c1-2-33-24(30)28-12-9-19(10-13-28)27-20-15-17(5-8-21(20)29(31)32)22(23-26-11-14-34-23)16-3-6-18(25)7-4-16/h3-8,11,14-15,19,22,27H,2,9-10,12-13H2,1H3/t22-/m0/s1. The summed E-state index contributed by atoms with van der Waals surface area (Å²) in [5.41, 5.74) is 2.38. The van der Waals surface area contributed by atoms with Crippen LogP contribution >= 0.6 is 22.9 Å². The lowest BCUT2D eigenvalue weighted by Gasteiger charge is -2.32. The van der Waals surface area contributed by atoms with Crippen LogP contribution in [0.4, 0.5) is 16.2 Å². The SMILES string of the molecule is CCOC(=O)N1CCC(Nc2cc([C@H](c3ccc(Cl)cc3)c3nccs3)ccc2[N+](=O)[O-])CC1. The van der Waals surface area contributed by atoms with E-state index in [2.05, 4.69) is 10.3 Å². The van der Waals surface area contributed by atoms with Crippen LogP contribution in [0, 0.1) is 10.1 Å². The van der Waals surface area contributed by atoms with Crippen molar-refractivity contribution in [1.29, 1.82) is 0 Å². The largest absolute Gasteiger partial charge is 0.450 e. The second kappa shape index (κ2) is 10.8. The fourth-order valence-corrected chi connectivity index (χ4v) is 5.08. The van der Waals surface area contributed by atoms with Crippen molar-refractivity contribution in [3.63, 3.8) is 0 Å². The smallest absolute Gasteiger partial charge is 0.409 e. The molecule has 1 N–H and O–H groups in total. The van der Waals surface area contributed by atoms with Gasteiger partial charge in [0.15, 0.2) is 0 Å². The van der Waals surface area contributed by atoms with Crippen molar-refractivity contribution in [3.05, 3.63) is 85.3 Å². The van der Waals surface area contributed by atoms with Crippen LogP contribution in [0.15, 0.2) is 54.0 Å². The molecule has 34 heavy (non-hydrogen) atoms. The number of benzene rings is 2. The van der Waals surface area contributed by atoms with Crippen molar-refractivity contribution in [2.45, 2.75) is 31.7 Å². The second-order valence-electron chi connectivity index (χ2n) is 7.99. The monoisotopic (exact) mass is 500 g/mol. The molecule has 3 aromatic rings. The van der Waals surface area contributed by atoms with Crippen molar-refractivity contribution in [3.8, 4) is 0 Å². The molecule has 2 heterocycles. The number of nitrogens with zero attached hydrogens (tertiary/aromatic N) is 3. The Morgan fingerprint density at radius 2 is 1.97 bits per heavy atom. The first-order valence-electron chi connectivity index (χ1n) is 11.1. The Labute approximate surface area is 206 Å². The minimum Gasteiger partial charge on any atom is -0.450 e. The Morgan fingerprint density at radius 1 is 1.26 bits per heavy atom. The highest BCUT2D eigenvalue weighted by Crippen LogP contribution is 2.37. The first kappa shape index (κ1) is 24.0. The quantitative estimate of drug-likeness (QED) is 0.319. The van der Waals surface area contributed by atoms with Crippen LogP contribution in [0.1, 0.15) is 41.8 Å². The molecule has 1 saturated heterocycles. The third-order valence-electron chi connectivity index (χ3n) is 5.83. The molecule has 0 radical (unpaired) electrons. The highest BCUT2D eigenvalue weighted by molar-refractivity contribution is 7.09. The number of nitrogens with one attached hydrogen (secondary N) is 1. The van der Waals surface area contributed by atoms with Crippen molar-refractivity contribution >= 4 is 40.4 Å². The molecule has 2 aromatic carbocycles. The Morgan fingerprint density at radius 3 is 2.59 bits per heavy atom. The van der Waals surface area contributed by atoms with Gasteiger partial charge in [0.1, 0.15) is 10.7 Å². The molecule has 1 aromatic heterocycles. The molecular formula is C24H25ClN4O4S. The molecular weight excluding hydrogens is 476 g/mol. The van der Waals surface area contributed by atoms with E-state index in [0.29, 0.717) is 43.2 Å². The summed E-state index contributed by atoms with van der Waals surface area (Å²) in [4.78, 5) is 29.6. The molecule has 1 aliphatic rings. The van der Waals surface area contributed by atoms with Gasteiger partial charge in [0.2, 0.25) is 0 Å². The maximum absolute atomic E-state index is 12.0. The number of halogens is 1. The zero-order chi connectivity index (χ0) is 24.1. The second-order valence-corrected chi connectivity index (χ2v) is 9.36. The van der Waals surface area contributed by atoms with Gasteiger partial charge >= 0.3 is 6.09 Å². The average molecular weight is 501 g/mol. The molecule has 8 nitrogen and oxygen atoms in total. The number of piperidine rings is 1. The topological polar surface area (TPSA) is 97.6 Å². The number of amides is 1. The van der Waals surface area contributed by atoms with Gasteiger partial charge in [-0.3, -0.25) is 10.1 Å². The minimum atomic E-state index is -0.374. The number of nitro benzene ring substituents is 1. The maximum Gasteiger partial charge on any atom is 0.409 e. The third kappa shape index (κ3) is 5.48. The van der Waals surface area contributed by atoms with Gasteiger partial charge in [0.25, 0.3) is 5.69 Å². The summed E-state index contributed by atoms with van der Waals surface area (Å²) in [7, 11) is 0. The predicted molar refractivity (Wildman–Crippen MR) is 133 cm³/mol. The fraction of sp³-hybridized carbons (Fsp3) is 0.333. The average Bonchev–Trinajstić information content (AvgIpc) is 3.35. The van der Waals surface area contributed by atoms with E-state index >= 15 is 0 Å². The van der Waals surface area contributed by atoms with Gasteiger partial charge in [-0.2, -0.15) is 0 Å². The number of thiazole rings is 1. The first-order chi connectivity index (χ1) is 16.5. The zero-order valence-electron chi connectivity index (χ0n) is 18.6. The highest BCUT2D eigenvalue weighted by Gasteiger charge is 2.27. The van der Waals surface area contributed by atoms with Gasteiger partial charge in [-0.1, -0.05) is 29.8 Å². The lowest BCUT2D eigenvalue weighted by molar-refractivity contribution is -0.384. The van der Waals surface area contributed by atoms with E-state index in [1.165, 1.54) is 11.3 Å².